The fraction of sp³-hybridized carbons (Fsp3) is 0.111. The summed E-state index contributed by atoms with van der Waals surface area (Å²) in [5.74, 6) is -0.227. The largest absolute Gasteiger partial charge is 0.457 e. The molecule has 2 rings (SSSR count). The van der Waals surface area contributed by atoms with Crippen LogP contribution in [0.4, 0.5) is 4.39 Å². The fourth-order valence-electron chi connectivity index (χ4n) is 1.23. The number of hydrogen-bond donors (Lipinski definition) is 1. The van der Waals surface area contributed by atoms with Gasteiger partial charge in [-0.25, -0.2) is 4.39 Å². The smallest absolute Gasteiger partial charge is 0.152 e. The van der Waals surface area contributed by atoms with Gasteiger partial charge < -0.3 is 9.52 Å². The highest BCUT2D eigenvalue weighted by atomic mass is 79.9. The first-order chi connectivity index (χ1) is 6.63. The molecule has 1 aromatic carbocycles. The summed E-state index contributed by atoms with van der Waals surface area (Å²) in [6.45, 7) is -0.266. The zero-order valence-electron chi connectivity index (χ0n) is 6.85. The topological polar surface area (TPSA) is 33.4 Å². The second-order valence-corrected chi connectivity index (χ2v) is 4.03. The van der Waals surface area contributed by atoms with Crippen molar-refractivity contribution in [3.63, 3.8) is 0 Å². The van der Waals surface area contributed by atoms with Gasteiger partial charge in [-0.05, 0) is 28.1 Å². The highest BCUT2D eigenvalue weighted by Gasteiger charge is 2.14. The maximum absolute atomic E-state index is 13.4. The van der Waals surface area contributed by atoms with Crippen LogP contribution in [0.5, 0.6) is 0 Å². The number of benzene rings is 1. The predicted molar refractivity (Wildman–Crippen MR) is 54.8 cm³/mol. The highest BCUT2D eigenvalue weighted by molar-refractivity contribution is 9.10. The third-order valence-corrected chi connectivity index (χ3v) is 2.72. The Balaban J connectivity index is 2.84. The first-order valence-electron chi connectivity index (χ1n) is 3.80. The maximum Gasteiger partial charge on any atom is 0.152 e. The van der Waals surface area contributed by atoms with Gasteiger partial charge in [0, 0.05) is 0 Å². The quantitative estimate of drug-likeness (QED) is 0.811. The molecular weight excluding hydrogens is 274 g/mol. The van der Waals surface area contributed by atoms with Gasteiger partial charge in [-0.3, -0.25) is 0 Å². The zero-order chi connectivity index (χ0) is 10.3. The van der Waals surface area contributed by atoms with Crippen molar-refractivity contribution in [2.45, 2.75) is 6.61 Å². The van der Waals surface area contributed by atoms with Crippen LogP contribution >= 0.6 is 27.5 Å². The standard InChI is InChI=1S/C9H5BrClFO2/c10-6-2-7(11)8(12)5-1-4(3-13)14-9(5)6/h1-2,13H,3H2. The number of furan rings is 1. The van der Waals surface area contributed by atoms with Crippen molar-refractivity contribution >= 4 is 38.5 Å². The average molecular weight is 279 g/mol. The van der Waals surface area contributed by atoms with E-state index in [4.69, 9.17) is 21.1 Å². The van der Waals surface area contributed by atoms with E-state index in [9.17, 15) is 4.39 Å². The lowest BCUT2D eigenvalue weighted by Gasteiger charge is -1.96. The van der Waals surface area contributed by atoms with E-state index >= 15 is 0 Å². The number of halogens is 3. The van der Waals surface area contributed by atoms with Crippen LogP contribution in [-0.2, 0) is 6.61 Å². The van der Waals surface area contributed by atoms with Crippen molar-refractivity contribution in [2.24, 2.45) is 0 Å². The molecule has 0 bridgehead atoms. The normalized spacial score (nSPS) is 11.1. The molecular formula is C9H5BrClFO2. The molecule has 0 spiro atoms. The Morgan fingerprint density at radius 2 is 2.21 bits per heavy atom. The molecule has 0 saturated carbocycles. The zero-order valence-corrected chi connectivity index (χ0v) is 9.19. The van der Waals surface area contributed by atoms with Crippen molar-refractivity contribution in [2.75, 3.05) is 0 Å². The molecule has 5 heteroatoms. The summed E-state index contributed by atoms with van der Waals surface area (Å²) >= 11 is 8.83. The first-order valence-corrected chi connectivity index (χ1v) is 4.97. The third kappa shape index (κ3) is 1.43. The SMILES string of the molecule is OCc1cc2c(F)c(Cl)cc(Br)c2o1. The molecule has 0 aliphatic carbocycles. The van der Waals surface area contributed by atoms with Crippen molar-refractivity contribution in [3.8, 4) is 0 Å². The Labute approximate surface area is 92.4 Å². The summed E-state index contributed by atoms with van der Waals surface area (Å²) in [5.41, 5.74) is 0.357. The molecule has 0 atom stereocenters. The summed E-state index contributed by atoms with van der Waals surface area (Å²) in [6, 6.07) is 2.85. The summed E-state index contributed by atoms with van der Waals surface area (Å²) in [7, 11) is 0. The second-order valence-electron chi connectivity index (χ2n) is 2.77. The number of rotatable bonds is 1. The molecule has 0 amide bonds. The van der Waals surface area contributed by atoms with Crippen molar-refractivity contribution in [3.05, 3.63) is 33.2 Å². The molecule has 0 aliphatic rings. The van der Waals surface area contributed by atoms with E-state index in [-0.39, 0.29) is 17.0 Å². The summed E-state index contributed by atoms with van der Waals surface area (Å²) in [5, 5.41) is 9.12. The number of hydrogen-bond acceptors (Lipinski definition) is 2. The summed E-state index contributed by atoms with van der Waals surface area (Å²) < 4.78 is 19.2. The molecule has 1 aromatic heterocycles. The second kappa shape index (κ2) is 3.53. The van der Waals surface area contributed by atoms with Gasteiger partial charge in [0.15, 0.2) is 11.4 Å². The molecule has 74 valence electrons. The van der Waals surface area contributed by atoms with Crippen LogP contribution in [0.15, 0.2) is 21.0 Å². The molecule has 0 saturated heterocycles. The van der Waals surface area contributed by atoms with Crippen molar-refractivity contribution < 1.29 is 13.9 Å². The van der Waals surface area contributed by atoms with Crippen LogP contribution in [0.25, 0.3) is 11.0 Å². The molecule has 0 radical (unpaired) electrons. The Morgan fingerprint density at radius 3 is 2.86 bits per heavy atom. The Morgan fingerprint density at radius 1 is 1.50 bits per heavy atom. The molecule has 2 aromatic rings. The summed E-state index contributed by atoms with van der Waals surface area (Å²) in [4.78, 5) is 0. The van der Waals surface area contributed by atoms with Gasteiger partial charge in [0.2, 0.25) is 0 Å². The molecule has 2 nitrogen and oxygen atoms in total. The predicted octanol–water partition coefficient (Wildman–Crippen LogP) is 3.48. The van der Waals surface area contributed by atoms with Gasteiger partial charge in [-0.15, -0.1) is 0 Å². The van der Waals surface area contributed by atoms with E-state index in [1.165, 1.54) is 12.1 Å². The Bertz CT molecular complexity index is 495. The average Bonchev–Trinajstić information content (AvgIpc) is 2.58. The van der Waals surface area contributed by atoms with Crippen LogP contribution < -0.4 is 0 Å². The van der Waals surface area contributed by atoms with Crippen LogP contribution in [0.1, 0.15) is 5.76 Å². The van der Waals surface area contributed by atoms with Crippen LogP contribution in [0, 0.1) is 5.82 Å². The van der Waals surface area contributed by atoms with E-state index in [1.807, 2.05) is 0 Å². The molecule has 0 aliphatic heterocycles. The molecule has 1 heterocycles. The van der Waals surface area contributed by atoms with Gasteiger partial charge in [-0.2, -0.15) is 0 Å². The molecule has 1 N–H and O–H groups in total. The van der Waals surface area contributed by atoms with Crippen molar-refractivity contribution in [1.29, 1.82) is 0 Å². The third-order valence-electron chi connectivity index (χ3n) is 1.86. The Hall–Kier alpha value is -0.580. The minimum absolute atomic E-state index is 0.0228. The van der Waals surface area contributed by atoms with E-state index in [2.05, 4.69) is 15.9 Å². The fourth-order valence-corrected chi connectivity index (χ4v) is 2.10. The lowest BCUT2D eigenvalue weighted by molar-refractivity contribution is 0.251. The minimum atomic E-state index is -0.534. The molecule has 14 heavy (non-hydrogen) atoms. The van der Waals surface area contributed by atoms with Gasteiger partial charge in [-0.1, -0.05) is 11.6 Å². The van der Waals surface area contributed by atoms with Crippen molar-refractivity contribution in [1.82, 2.24) is 0 Å². The van der Waals surface area contributed by atoms with Gasteiger partial charge in [0.1, 0.15) is 12.4 Å². The Kier molecular flexibility index (Phi) is 2.51. The van der Waals surface area contributed by atoms with E-state index in [0.29, 0.717) is 15.8 Å². The number of aliphatic hydroxyl groups excluding tert-OH is 1. The van der Waals surface area contributed by atoms with E-state index < -0.39 is 5.82 Å². The number of fused-ring (bicyclic) bond motifs is 1. The van der Waals surface area contributed by atoms with E-state index in [1.54, 1.807) is 0 Å². The van der Waals surface area contributed by atoms with Gasteiger partial charge >= 0.3 is 0 Å². The highest BCUT2D eigenvalue weighted by Crippen LogP contribution is 2.33. The lowest BCUT2D eigenvalue weighted by Crippen LogP contribution is -1.78. The monoisotopic (exact) mass is 278 g/mol. The minimum Gasteiger partial charge on any atom is -0.457 e. The molecule has 0 fully saturated rings. The summed E-state index contributed by atoms with van der Waals surface area (Å²) in [6.07, 6.45) is 0. The first kappa shape index (κ1) is 9.96. The van der Waals surface area contributed by atoms with Crippen LogP contribution in [-0.4, -0.2) is 5.11 Å². The van der Waals surface area contributed by atoms with E-state index in [0.717, 1.165) is 0 Å². The van der Waals surface area contributed by atoms with Crippen LogP contribution in [0.2, 0.25) is 5.02 Å². The number of aliphatic hydroxyl groups is 1. The van der Waals surface area contributed by atoms with Gasteiger partial charge in [0.25, 0.3) is 0 Å². The van der Waals surface area contributed by atoms with Crippen LogP contribution in [0.3, 0.4) is 0 Å². The molecule has 0 unspecified atom stereocenters. The van der Waals surface area contributed by atoms with Gasteiger partial charge in [0.05, 0.1) is 14.9 Å². The maximum atomic E-state index is 13.4. The lowest BCUT2D eigenvalue weighted by atomic mass is 10.2.